The minimum absolute atomic E-state index is 0.218. The molecule has 0 saturated carbocycles. The van der Waals surface area contributed by atoms with Gasteiger partial charge < -0.3 is 29.2 Å². The lowest BCUT2D eigenvalue weighted by Gasteiger charge is -2.29. The fraction of sp³-hybridized carbons (Fsp3) is 0.378. The van der Waals surface area contributed by atoms with Gasteiger partial charge in [-0.3, -0.25) is 9.78 Å². The van der Waals surface area contributed by atoms with E-state index >= 15 is 0 Å². The van der Waals surface area contributed by atoms with Gasteiger partial charge in [0.1, 0.15) is 11.0 Å². The summed E-state index contributed by atoms with van der Waals surface area (Å²) in [6.07, 6.45) is 4.55. The van der Waals surface area contributed by atoms with Crippen molar-refractivity contribution in [2.24, 2.45) is 5.92 Å². The van der Waals surface area contributed by atoms with Crippen LogP contribution >= 0.6 is 34.5 Å². The minimum atomic E-state index is -0.736. The van der Waals surface area contributed by atoms with Crippen LogP contribution in [0.2, 0.25) is 10.0 Å². The fourth-order valence-electron chi connectivity index (χ4n) is 5.76. The van der Waals surface area contributed by atoms with Crippen molar-refractivity contribution < 1.29 is 28.5 Å². The molecule has 2 atom stereocenters. The third-order valence-corrected chi connectivity index (χ3v) is 10.4. The number of rotatable bonds is 15. The predicted molar refractivity (Wildman–Crippen MR) is 192 cm³/mol. The standard InChI is InChI=1S/C37H41Cl2N3O6S/c1-42-15-13-24(14-16-42)23-47-36(43)29(25-7-5-4-6-8-25)20-40-19-27-10-12-35(49-27)37(44)48-33(18-28-30(38)21-41-22-31(28)39)26-9-11-32(45-2)34(17-26)46-3/h4-12,17,21-22,24,29,33,40H,13-16,18-20,23H2,1-3H3/t29?,33-/m0/s1. The lowest BCUT2D eigenvalue weighted by atomic mass is 9.97. The molecule has 2 aromatic carbocycles. The van der Waals surface area contributed by atoms with Crippen LogP contribution in [0.1, 0.15) is 56.1 Å². The van der Waals surface area contributed by atoms with Gasteiger partial charge in [-0.15, -0.1) is 11.3 Å². The Labute approximate surface area is 301 Å². The van der Waals surface area contributed by atoms with E-state index in [1.807, 2.05) is 42.5 Å². The minimum Gasteiger partial charge on any atom is -0.493 e. The number of hydrogen-bond acceptors (Lipinski definition) is 10. The van der Waals surface area contributed by atoms with E-state index in [0.717, 1.165) is 36.4 Å². The Hall–Kier alpha value is -3.67. The largest absolute Gasteiger partial charge is 0.493 e. The molecule has 0 aliphatic carbocycles. The van der Waals surface area contributed by atoms with Gasteiger partial charge in [0, 0.05) is 36.8 Å². The number of esters is 2. The summed E-state index contributed by atoms with van der Waals surface area (Å²) in [6, 6.07) is 18.6. The van der Waals surface area contributed by atoms with Gasteiger partial charge in [-0.25, -0.2) is 4.79 Å². The summed E-state index contributed by atoms with van der Waals surface area (Å²) in [5.41, 5.74) is 2.19. The molecule has 1 saturated heterocycles. The van der Waals surface area contributed by atoms with Gasteiger partial charge in [0.2, 0.25) is 0 Å². The highest BCUT2D eigenvalue weighted by atomic mass is 35.5. The second-order valence-corrected chi connectivity index (χ2v) is 14.0. The molecule has 0 bridgehead atoms. The van der Waals surface area contributed by atoms with E-state index in [-0.39, 0.29) is 12.4 Å². The van der Waals surface area contributed by atoms with Gasteiger partial charge in [-0.1, -0.05) is 59.6 Å². The number of hydrogen-bond donors (Lipinski definition) is 1. The molecular weight excluding hydrogens is 685 g/mol. The highest BCUT2D eigenvalue weighted by Crippen LogP contribution is 2.36. The number of aromatic nitrogens is 1. The van der Waals surface area contributed by atoms with E-state index in [9.17, 15) is 9.59 Å². The van der Waals surface area contributed by atoms with E-state index in [1.165, 1.54) is 23.7 Å². The van der Waals surface area contributed by atoms with Crippen molar-refractivity contribution in [2.45, 2.75) is 37.8 Å². The summed E-state index contributed by atoms with van der Waals surface area (Å²) in [6.45, 7) is 3.34. The van der Waals surface area contributed by atoms with Crippen molar-refractivity contribution in [3.8, 4) is 11.5 Å². The SMILES string of the molecule is COc1ccc([C@H](Cc2c(Cl)cncc2Cl)OC(=O)c2ccc(CNCC(C(=O)OCC3CCN(C)CC3)c3ccccc3)s2)cc1OC. The number of carbonyl (C=O) groups is 2. The van der Waals surface area contributed by atoms with Gasteiger partial charge in [0.05, 0.1) is 36.8 Å². The molecular formula is C37H41Cl2N3O6S. The number of likely N-dealkylation sites (tertiary alicyclic amines) is 1. The summed E-state index contributed by atoms with van der Waals surface area (Å²) in [5.74, 6) is 0.258. The van der Waals surface area contributed by atoms with Crippen molar-refractivity contribution in [1.29, 1.82) is 0 Å². The number of carbonyl (C=O) groups excluding carboxylic acids is 2. The van der Waals surface area contributed by atoms with Gasteiger partial charge in [-0.05, 0) is 79.9 Å². The Bertz CT molecular complexity index is 1680. The van der Waals surface area contributed by atoms with Gasteiger partial charge in [0.15, 0.2) is 11.5 Å². The number of thiophene rings is 1. The molecule has 49 heavy (non-hydrogen) atoms. The van der Waals surface area contributed by atoms with E-state index in [2.05, 4.69) is 22.2 Å². The number of methoxy groups -OCH3 is 2. The number of nitrogens with zero attached hydrogens (tertiary/aromatic N) is 2. The topological polar surface area (TPSA) is 99.2 Å². The third kappa shape index (κ3) is 9.95. The third-order valence-electron chi connectivity index (χ3n) is 8.67. The second-order valence-electron chi connectivity index (χ2n) is 12.0. The first-order valence-corrected chi connectivity index (χ1v) is 17.7. The zero-order valence-electron chi connectivity index (χ0n) is 27.8. The average molecular weight is 727 g/mol. The maximum atomic E-state index is 13.5. The first-order chi connectivity index (χ1) is 23.7. The number of ether oxygens (including phenoxy) is 4. The number of pyridine rings is 1. The maximum absolute atomic E-state index is 13.5. The molecule has 1 N–H and O–H groups in total. The molecule has 0 radical (unpaired) electrons. The highest BCUT2D eigenvalue weighted by Gasteiger charge is 2.26. The van der Waals surface area contributed by atoms with Crippen LogP contribution in [0.25, 0.3) is 0 Å². The first-order valence-electron chi connectivity index (χ1n) is 16.2. The zero-order chi connectivity index (χ0) is 34.8. The molecule has 3 heterocycles. The average Bonchev–Trinajstić information content (AvgIpc) is 3.60. The Morgan fingerprint density at radius 2 is 1.67 bits per heavy atom. The zero-order valence-corrected chi connectivity index (χ0v) is 30.2. The summed E-state index contributed by atoms with van der Waals surface area (Å²) in [5, 5.41) is 4.15. The molecule has 0 spiro atoms. The molecule has 2 aromatic heterocycles. The monoisotopic (exact) mass is 725 g/mol. The predicted octanol–water partition coefficient (Wildman–Crippen LogP) is 7.37. The molecule has 4 aromatic rings. The summed E-state index contributed by atoms with van der Waals surface area (Å²) in [4.78, 5) is 34.5. The van der Waals surface area contributed by atoms with Gasteiger partial charge in [0.25, 0.3) is 0 Å². The molecule has 1 fully saturated rings. The molecule has 1 aliphatic heterocycles. The van der Waals surface area contributed by atoms with Crippen molar-refractivity contribution in [1.82, 2.24) is 15.2 Å². The van der Waals surface area contributed by atoms with E-state index in [4.69, 9.17) is 42.1 Å². The normalized spacial score (nSPS) is 15.0. The van der Waals surface area contributed by atoms with Gasteiger partial charge >= 0.3 is 11.9 Å². The lowest BCUT2D eigenvalue weighted by molar-refractivity contribution is -0.147. The molecule has 260 valence electrons. The molecule has 1 unspecified atom stereocenters. The molecule has 1 aliphatic rings. The molecule has 9 nitrogen and oxygen atoms in total. The van der Waals surface area contributed by atoms with Crippen LogP contribution in [0.3, 0.4) is 0 Å². The van der Waals surface area contributed by atoms with Crippen LogP contribution in [0.4, 0.5) is 0 Å². The van der Waals surface area contributed by atoms with Crippen LogP contribution < -0.4 is 14.8 Å². The first kappa shape index (κ1) is 36.6. The summed E-state index contributed by atoms with van der Waals surface area (Å²) < 4.78 is 22.8. The number of nitrogens with one attached hydrogen (secondary N) is 1. The smallest absolute Gasteiger partial charge is 0.348 e. The Morgan fingerprint density at radius 1 is 0.959 bits per heavy atom. The molecule has 12 heteroatoms. The van der Waals surface area contributed by atoms with Crippen LogP contribution in [-0.4, -0.2) is 69.3 Å². The van der Waals surface area contributed by atoms with Crippen LogP contribution in [-0.2, 0) is 27.2 Å². The Balaban J connectivity index is 1.24. The van der Waals surface area contributed by atoms with Crippen molar-refractivity contribution in [2.75, 3.05) is 47.5 Å². The number of benzene rings is 2. The second kappa shape index (κ2) is 17.8. The summed E-state index contributed by atoms with van der Waals surface area (Å²) in [7, 11) is 5.22. The Kier molecular flexibility index (Phi) is 13.3. The van der Waals surface area contributed by atoms with Gasteiger partial charge in [-0.2, -0.15) is 0 Å². The van der Waals surface area contributed by atoms with Crippen LogP contribution in [0.15, 0.2) is 73.1 Å². The van der Waals surface area contributed by atoms with Crippen LogP contribution in [0, 0.1) is 5.92 Å². The number of halogens is 2. The molecule has 5 rings (SSSR count). The maximum Gasteiger partial charge on any atom is 0.348 e. The molecule has 0 amide bonds. The van der Waals surface area contributed by atoms with E-state index < -0.39 is 18.0 Å². The van der Waals surface area contributed by atoms with Crippen LogP contribution in [0.5, 0.6) is 11.5 Å². The lowest BCUT2D eigenvalue weighted by Crippen LogP contribution is -2.34. The van der Waals surface area contributed by atoms with Crippen molar-refractivity contribution in [3.05, 3.63) is 110 Å². The van der Waals surface area contributed by atoms with E-state index in [1.54, 1.807) is 32.4 Å². The quantitative estimate of drug-likeness (QED) is 0.126. The Morgan fingerprint density at radius 3 is 2.37 bits per heavy atom. The number of piperidine rings is 1. The van der Waals surface area contributed by atoms with E-state index in [0.29, 0.717) is 63.2 Å². The van der Waals surface area contributed by atoms with Crippen molar-refractivity contribution >= 4 is 46.5 Å². The fourth-order valence-corrected chi connectivity index (χ4v) is 7.14. The summed E-state index contributed by atoms with van der Waals surface area (Å²) >= 11 is 14.2. The highest BCUT2D eigenvalue weighted by molar-refractivity contribution is 7.13. The van der Waals surface area contributed by atoms with Crippen molar-refractivity contribution in [3.63, 3.8) is 0 Å².